The summed E-state index contributed by atoms with van der Waals surface area (Å²) in [5.74, 6) is -0.587. The average Bonchev–Trinajstić information content (AvgIpc) is 2.07. The summed E-state index contributed by atoms with van der Waals surface area (Å²) in [5, 5.41) is 0.357. The van der Waals surface area contributed by atoms with E-state index in [9.17, 15) is 4.79 Å². The molecule has 1 aromatic heterocycles. The molecule has 0 radical (unpaired) electrons. The number of carbonyl (C=O) groups is 1. The van der Waals surface area contributed by atoms with Crippen molar-refractivity contribution in [2.24, 2.45) is 5.73 Å². The van der Waals surface area contributed by atoms with E-state index in [2.05, 4.69) is 4.98 Å². The number of pyridine rings is 1. The fourth-order valence-corrected chi connectivity index (χ4v) is 1.35. The molecule has 0 atom stereocenters. The zero-order valence-electron chi connectivity index (χ0n) is 7.81. The Morgan fingerprint density at radius 1 is 1.31 bits per heavy atom. The lowest BCUT2D eigenvalue weighted by atomic mass is 10.1. The number of hydrogen-bond acceptors (Lipinski definition) is 2. The number of aromatic nitrogens is 1. The molecular formula is C9H11ClN2O. The molecule has 1 aromatic rings. The summed E-state index contributed by atoms with van der Waals surface area (Å²) in [6.45, 7) is 5.58. The average molecular weight is 199 g/mol. The van der Waals surface area contributed by atoms with Gasteiger partial charge in [-0.3, -0.25) is 4.79 Å². The molecule has 0 bridgehead atoms. The van der Waals surface area contributed by atoms with Gasteiger partial charge in [-0.25, -0.2) is 4.98 Å². The monoisotopic (exact) mass is 198 g/mol. The van der Waals surface area contributed by atoms with Crippen LogP contribution in [0.25, 0.3) is 0 Å². The van der Waals surface area contributed by atoms with E-state index in [0.29, 0.717) is 5.02 Å². The van der Waals surface area contributed by atoms with Gasteiger partial charge in [-0.1, -0.05) is 11.6 Å². The summed E-state index contributed by atoms with van der Waals surface area (Å²) in [5.41, 5.74) is 7.92. The van der Waals surface area contributed by atoms with E-state index >= 15 is 0 Å². The van der Waals surface area contributed by atoms with Crippen LogP contribution in [0.5, 0.6) is 0 Å². The normalized spacial score (nSPS) is 10.2. The van der Waals surface area contributed by atoms with Crippen molar-refractivity contribution in [1.29, 1.82) is 0 Å². The zero-order valence-corrected chi connectivity index (χ0v) is 8.57. The van der Waals surface area contributed by atoms with Crippen LogP contribution in [0.15, 0.2) is 0 Å². The van der Waals surface area contributed by atoms with Gasteiger partial charge in [0.1, 0.15) is 5.69 Å². The summed E-state index contributed by atoms with van der Waals surface area (Å²) in [6, 6.07) is 0. The molecule has 0 fully saturated rings. The van der Waals surface area contributed by atoms with Crippen molar-refractivity contribution in [3.05, 3.63) is 27.5 Å². The number of hydrogen-bond donors (Lipinski definition) is 1. The Morgan fingerprint density at radius 3 is 2.31 bits per heavy atom. The highest BCUT2D eigenvalue weighted by atomic mass is 35.5. The number of nitrogens with zero attached hydrogens (tertiary/aromatic N) is 1. The minimum Gasteiger partial charge on any atom is -0.364 e. The standard InChI is InChI=1S/C9H11ClN2O/c1-4-5(2)7(10)8(9(11)13)12-6(4)3/h1-3H3,(H2,11,13). The van der Waals surface area contributed by atoms with Crippen molar-refractivity contribution in [2.45, 2.75) is 20.8 Å². The minimum absolute atomic E-state index is 0.155. The number of nitrogens with two attached hydrogens (primary N) is 1. The number of aryl methyl sites for hydroxylation is 1. The molecule has 4 heteroatoms. The Bertz CT molecular complexity index is 374. The Morgan fingerprint density at radius 2 is 1.85 bits per heavy atom. The van der Waals surface area contributed by atoms with Crippen LogP contribution in [0, 0.1) is 20.8 Å². The predicted molar refractivity (Wildman–Crippen MR) is 52.0 cm³/mol. The van der Waals surface area contributed by atoms with E-state index in [0.717, 1.165) is 16.8 Å². The molecule has 0 saturated carbocycles. The second-order valence-corrected chi connectivity index (χ2v) is 3.35. The third-order valence-corrected chi connectivity index (χ3v) is 2.62. The fourth-order valence-electron chi connectivity index (χ4n) is 1.08. The first-order valence-corrected chi connectivity index (χ1v) is 4.26. The van der Waals surface area contributed by atoms with Crippen LogP contribution in [-0.2, 0) is 0 Å². The number of primary amides is 1. The van der Waals surface area contributed by atoms with E-state index in [1.54, 1.807) is 0 Å². The molecule has 0 spiro atoms. The smallest absolute Gasteiger partial charge is 0.268 e. The molecule has 0 aliphatic rings. The molecule has 0 aromatic carbocycles. The lowest BCUT2D eigenvalue weighted by molar-refractivity contribution is 0.0995. The van der Waals surface area contributed by atoms with Crippen molar-refractivity contribution < 1.29 is 4.79 Å². The van der Waals surface area contributed by atoms with Gasteiger partial charge in [0.2, 0.25) is 0 Å². The fraction of sp³-hybridized carbons (Fsp3) is 0.333. The van der Waals surface area contributed by atoms with Gasteiger partial charge in [-0.15, -0.1) is 0 Å². The first kappa shape index (κ1) is 9.99. The van der Waals surface area contributed by atoms with Gasteiger partial charge in [0.15, 0.2) is 0 Å². The molecule has 0 aliphatic heterocycles. The van der Waals surface area contributed by atoms with E-state index in [4.69, 9.17) is 17.3 Å². The molecule has 0 aliphatic carbocycles. The van der Waals surface area contributed by atoms with Gasteiger partial charge >= 0.3 is 0 Å². The van der Waals surface area contributed by atoms with Crippen molar-refractivity contribution in [2.75, 3.05) is 0 Å². The van der Waals surface area contributed by atoms with Crippen LogP contribution in [0.3, 0.4) is 0 Å². The van der Waals surface area contributed by atoms with Gasteiger partial charge in [0.25, 0.3) is 5.91 Å². The maximum atomic E-state index is 10.9. The molecule has 0 unspecified atom stereocenters. The van der Waals surface area contributed by atoms with Crippen LogP contribution in [0.4, 0.5) is 0 Å². The minimum atomic E-state index is -0.587. The number of carbonyl (C=O) groups excluding carboxylic acids is 1. The highest BCUT2D eigenvalue weighted by molar-refractivity contribution is 6.34. The van der Waals surface area contributed by atoms with Gasteiger partial charge in [0, 0.05) is 5.69 Å². The Balaban J connectivity index is 3.50. The lowest BCUT2D eigenvalue weighted by Gasteiger charge is -2.08. The van der Waals surface area contributed by atoms with Crippen LogP contribution in [-0.4, -0.2) is 10.9 Å². The van der Waals surface area contributed by atoms with Crippen LogP contribution in [0.1, 0.15) is 27.3 Å². The molecule has 2 N–H and O–H groups in total. The van der Waals surface area contributed by atoms with Gasteiger partial charge < -0.3 is 5.73 Å². The van der Waals surface area contributed by atoms with Gasteiger partial charge in [-0.2, -0.15) is 0 Å². The van der Waals surface area contributed by atoms with Gasteiger partial charge in [-0.05, 0) is 31.9 Å². The molecule has 1 amide bonds. The van der Waals surface area contributed by atoms with Crippen LogP contribution >= 0.6 is 11.6 Å². The Labute approximate surface area is 81.9 Å². The molecule has 13 heavy (non-hydrogen) atoms. The summed E-state index contributed by atoms with van der Waals surface area (Å²) < 4.78 is 0. The van der Waals surface area contributed by atoms with Crippen molar-refractivity contribution in [3.8, 4) is 0 Å². The maximum absolute atomic E-state index is 10.9. The number of halogens is 1. The highest BCUT2D eigenvalue weighted by Gasteiger charge is 2.13. The van der Waals surface area contributed by atoms with Gasteiger partial charge in [0.05, 0.1) is 5.02 Å². The quantitative estimate of drug-likeness (QED) is 0.748. The molecular weight excluding hydrogens is 188 g/mol. The molecule has 1 heterocycles. The zero-order chi connectivity index (χ0) is 10.2. The molecule has 0 saturated heterocycles. The summed E-state index contributed by atoms with van der Waals surface area (Å²) in [4.78, 5) is 14.9. The van der Waals surface area contributed by atoms with E-state index < -0.39 is 5.91 Å². The van der Waals surface area contributed by atoms with Crippen molar-refractivity contribution in [3.63, 3.8) is 0 Å². The largest absolute Gasteiger partial charge is 0.364 e. The van der Waals surface area contributed by atoms with Crippen LogP contribution in [0.2, 0.25) is 5.02 Å². The number of amides is 1. The van der Waals surface area contributed by atoms with Crippen LogP contribution < -0.4 is 5.73 Å². The number of rotatable bonds is 1. The second kappa shape index (κ2) is 3.34. The third-order valence-electron chi connectivity index (χ3n) is 2.16. The summed E-state index contributed by atoms with van der Waals surface area (Å²) in [6.07, 6.45) is 0. The van der Waals surface area contributed by atoms with E-state index in [1.807, 2.05) is 20.8 Å². The molecule has 1 rings (SSSR count). The predicted octanol–water partition coefficient (Wildman–Crippen LogP) is 1.76. The molecule has 3 nitrogen and oxygen atoms in total. The maximum Gasteiger partial charge on any atom is 0.268 e. The van der Waals surface area contributed by atoms with E-state index in [-0.39, 0.29) is 5.69 Å². The van der Waals surface area contributed by atoms with Crippen molar-refractivity contribution >= 4 is 17.5 Å². The third kappa shape index (κ3) is 1.65. The summed E-state index contributed by atoms with van der Waals surface area (Å²) >= 11 is 5.90. The topological polar surface area (TPSA) is 56.0 Å². The first-order valence-electron chi connectivity index (χ1n) is 3.88. The first-order chi connectivity index (χ1) is 5.95. The highest BCUT2D eigenvalue weighted by Crippen LogP contribution is 2.23. The van der Waals surface area contributed by atoms with E-state index in [1.165, 1.54) is 0 Å². The second-order valence-electron chi connectivity index (χ2n) is 2.97. The Hall–Kier alpha value is -1.09. The summed E-state index contributed by atoms with van der Waals surface area (Å²) in [7, 11) is 0. The Kier molecular flexibility index (Phi) is 2.57. The lowest BCUT2D eigenvalue weighted by Crippen LogP contribution is -2.15. The SMILES string of the molecule is Cc1nc(C(N)=O)c(Cl)c(C)c1C. The van der Waals surface area contributed by atoms with Crippen molar-refractivity contribution in [1.82, 2.24) is 4.98 Å². The molecule has 70 valence electrons.